The molecule has 115 heavy (non-hydrogen) atoms. The highest BCUT2D eigenvalue weighted by Crippen LogP contribution is 2.47. The number of hydrogen-bond donors (Lipinski definition) is 6. The molecular formula is C74H86F10N11O19P. The first-order valence-corrected chi connectivity index (χ1v) is 37.5. The van der Waals surface area contributed by atoms with E-state index >= 15 is 39.9 Å². The molecule has 30 nitrogen and oxygen atoms in total. The van der Waals surface area contributed by atoms with Crippen LogP contribution in [-0.4, -0.2) is 212 Å². The van der Waals surface area contributed by atoms with Crippen LogP contribution < -0.4 is 25.5 Å². The van der Waals surface area contributed by atoms with Crippen LogP contribution in [0.15, 0.2) is 73.2 Å². The van der Waals surface area contributed by atoms with Crippen LogP contribution in [0.5, 0.6) is 5.75 Å². The van der Waals surface area contributed by atoms with Crippen LogP contribution in [0.25, 0.3) is 11.3 Å². The number of aromatic nitrogens is 4. The van der Waals surface area contributed by atoms with Gasteiger partial charge in [0.15, 0.2) is 5.78 Å². The van der Waals surface area contributed by atoms with Gasteiger partial charge in [-0.05, 0) is 120 Å². The summed E-state index contributed by atoms with van der Waals surface area (Å²) in [7, 11) is -3.96. The molecule has 0 spiro atoms. The summed E-state index contributed by atoms with van der Waals surface area (Å²) in [5.41, 5.74) is -7.21. The molecule has 0 radical (unpaired) electrons. The SMILES string of the molecule is COC(=O)N[C@H](C(=O)C[C@@H](Cc1ccc(C#Cc2cnc(N3CC4CCC(C3)N4C3COC3)nc2)cc1)[C@H](CN(Cc1c(F)cc(-c2ccn(C(F)F)n2)cc1F)NC(=O)[C@@H](NC(=O)OC)C(C)(C)C(F)(F)F)OC(=O)OCOC(=O)CC(C)(C)c1c(CC(=O)N2CCC[C@H]2C(=O)O)cc(C)cc1OP(=O)(O)O)C(C)(C)C(F)(F)F. The van der Waals surface area contributed by atoms with Gasteiger partial charge in [-0.15, -0.1) is 0 Å². The zero-order valence-corrected chi connectivity index (χ0v) is 64.5. The Morgan fingerprint density at radius 2 is 1.37 bits per heavy atom. The van der Waals surface area contributed by atoms with Gasteiger partial charge in [0.25, 0.3) is 5.91 Å². The normalized spacial score (nSPS) is 18.0. The Morgan fingerprint density at radius 1 is 0.774 bits per heavy atom. The predicted octanol–water partition coefficient (Wildman–Crippen LogP) is 9.53. The van der Waals surface area contributed by atoms with Gasteiger partial charge in [-0.25, -0.2) is 52.2 Å². The van der Waals surface area contributed by atoms with Crippen molar-refractivity contribution in [3.8, 4) is 28.8 Å². The molecule has 626 valence electrons. The minimum absolute atomic E-state index is 0.0197. The van der Waals surface area contributed by atoms with Crippen LogP contribution in [0, 0.1) is 47.1 Å². The molecule has 6 N–H and O–H groups in total. The van der Waals surface area contributed by atoms with Gasteiger partial charge in [-0.1, -0.05) is 43.9 Å². The summed E-state index contributed by atoms with van der Waals surface area (Å²) in [4.78, 5) is 145. The van der Waals surface area contributed by atoms with Crippen molar-refractivity contribution < 1.29 is 135 Å². The van der Waals surface area contributed by atoms with Crippen molar-refractivity contribution in [2.24, 2.45) is 16.7 Å². The van der Waals surface area contributed by atoms with Gasteiger partial charge in [0.2, 0.25) is 18.6 Å². The number of alkyl halides is 8. The Morgan fingerprint density at radius 3 is 1.91 bits per heavy atom. The maximum atomic E-state index is 16.8. The molecule has 0 saturated carbocycles. The van der Waals surface area contributed by atoms with E-state index in [-0.39, 0.29) is 39.9 Å². The number of rotatable bonds is 31. The Balaban J connectivity index is 1.09. The van der Waals surface area contributed by atoms with Gasteiger partial charge in [0.1, 0.15) is 41.6 Å². The van der Waals surface area contributed by atoms with Gasteiger partial charge in [-0.3, -0.25) is 39.3 Å². The highest BCUT2D eigenvalue weighted by Gasteiger charge is 2.58. The number of Topliss-reactive ketones (excluding diaryl/α,β-unsaturated/α-hetero) is 1. The number of amides is 4. The zero-order valence-electron chi connectivity index (χ0n) is 63.6. The number of nitrogens with one attached hydrogen (secondary N) is 3. The van der Waals surface area contributed by atoms with Crippen LogP contribution in [0.2, 0.25) is 0 Å². The first-order valence-electron chi connectivity index (χ1n) is 35.9. The number of nitrogens with zero attached hydrogens (tertiary/aromatic N) is 8. The van der Waals surface area contributed by atoms with Crippen LogP contribution >= 0.6 is 7.82 Å². The van der Waals surface area contributed by atoms with Crippen molar-refractivity contribution in [1.29, 1.82) is 0 Å². The number of ketones is 1. The Bertz CT molecular complexity index is 4480. The van der Waals surface area contributed by atoms with E-state index in [4.69, 9.17) is 23.5 Å². The summed E-state index contributed by atoms with van der Waals surface area (Å²) in [5, 5.41) is 17.5. The summed E-state index contributed by atoms with van der Waals surface area (Å²) >= 11 is 0. The lowest BCUT2D eigenvalue weighted by atomic mass is 9.77. The topological polar surface area (TPSA) is 372 Å². The lowest BCUT2D eigenvalue weighted by Crippen LogP contribution is -2.62. The smallest absolute Gasteiger partial charge is 0.480 e. The number of methoxy groups -OCH3 is 2. The second-order valence-corrected chi connectivity index (χ2v) is 31.1. The molecule has 5 aromatic rings. The molecule has 4 saturated heterocycles. The molecule has 4 aliphatic heterocycles. The second kappa shape index (κ2) is 36.3. The van der Waals surface area contributed by atoms with E-state index in [1.807, 2.05) is 10.7 Å². The molecule has 6 heterocycles. The van der Waals surface area contributed by atoms with Crippen LogP contribution in [0.3, 0.4) is 0 Å². The van der Waals surface area contributed by atoms with Crippen molar-refractivity contribution in [2.45, 2.75) is 173 Å². The second-order valence-electron chi connectivity index (χ2n) is 30.0. The number of fused-ring (bicyclic) bond motifs is 2. The van der Waals surface area contributed by atoms with Crippen LogP contribution in [0.4, 0.5) is 64.2 Å². The molecule has 9 rings (SSSR count). The number of esters is 1. The van der Waals surface area contributed by atoms with E-state index in [2.05, 4.69) is 46.2 Å². The number of likely N-dealkylation sites (tertiary alicyclic amines) is 1. The van der Waals surface area contributed by atoms with Gasteiger partial charge in [-0.2, -0.15) is 40.2 Å². The average Bonchev–Trinajstić information content (AvgIpc) is 1.68. The summed E-state index contributed by atoms with van der Waals surface area (Å²) in [6, 6.07) is 4.78. The number of halogens is 10. The van der Waals surface area contributed by atoms with E-state index in [1.54, 1.807) is 5.32 Å². The number of piperazine rings is 1. The number of benzene rings is 3. The van der Waals surface area contributed by atoms with Crippen molar-refractivity contribution in [1.82, 2.24) is 50.6 Å². The molecule has 41 heteroatoms. The van der Waals surface area contributed by atoms with E-state index in [0.717, 1.165) is 44.2 Å². The molecule has 4 fully saturated rings. The van der Waals surface area contributed by atoms with Crippen molar-refractivity contribution >= 4 is 61.6 Å². The molecule has 7 atom stereocenters. The van der Waals surface area contributed by atoms with Gasteiger partial charge in [0.05, 0.1) is 74.9 Å². The summed E-state index contributed by atoms with van der Waals surface area (Å²) in [6.45, 7) is 1.57. The van der Waals surface area contributed by atoms with Crippen LogP contribution in [0.1, 0.15) is 126 Å². The molecule has 3 aromatic carbocycles. The molecule has 2 aromatic heterocycles. The molecular weight excluding hydrogens is 1570 g/mol. The first kappa shape index (κ1) is 88.7. The van der Waals surface area contributed by atoms with Crippen molar-refractivity contribution in [3.63, 3.8) is 0 Å². The Hall–Kier alpha value is -10.2. The molecule has 2 unspecified atom stereocenters. The number of ether oxygens (including phenoxy) is 6. The number of hydrazine groups is 1. The van der Waals surface area contributed by atoms with Gasteiger partial charge >= 0.3 is 57.0 Å². The highest BCUT2D eigenvalue weighted by atomic mass is 31.2. The average molecular weight is 1650 g/mol. The number of phosphoric acid groups is 1. The Labute approximate surface area is 652 Å². The third kappa shape index (κ3) is 22.1. The number of anilines is 1. The molecule has 0 aliphatic carbocycles. The number of aryl methyl sites for hydroxylation is 1. The number of carboxylic acids is 1. The molecule has 4 amide bonds. The minimum Gasteiger partial charge on any atom is -0.480 e. The predicted molar refractivity (Wildman–Crippen MR) is 382 cm³/mol. The lowest BCUT2D eigenvalue weighted by molar-refractivity contribution is -0.221. The highest BCUT2D eigenvalue weighted by molar-refractivity contribution is 7.46. The third-order valence-corrected chi connectivity index (χ3v) is 21.0. The number of alkyl carbamates (subject to hydrolysis) is 2. The fraction of sp³-hybridized carbons (Fsp3) is 0.527. The standard InChI is InChI=1S/C74H86F10N11O19P/c1-40-23-46(29-58(97)93-21-10-11-54(93)64(100)101)60(56(24-40)114-115(105,106)107)70(2,3)30-59(98)111-39-112-69(104)113-57(36-92(90-63(99)62(88-68(103)109-9)72(6,7)74(82,83)84)35-50-51(75)26-44(27-52(50)76)53-20-22-94(89-53)65(77)78)45(28-55(96)61(87-67(102)108-8)71(4,5)73(79,80)81)25-42-15-12-41(13-16-42)14-17-43-31-85-66(86-32-43)91-33-47-18-19-48(34-91)95(47)49-37-110-38-49/h12-13,15-16,20,22-24,26-27,31-32,45,47-49,54,57,61-62,65H,10-11,18-19,21,25,28-30,33-39H2,1-9H3,(H,87,102)(H,88,103)(H,90,99)(H,100,101)(H2,105,106,107)/t45-,47?,48?,54+,57+,61-,62-/m1/s1. The van der Waals surface area contributed by atoms with E-state index in [0.29, 0.717) is 113 Å². The summed E-state index contributed by atoms with van der Waals surface area (Å²) in [5.74, 6) is -5.80. The first-order chi connectivity index (χ1) is 53.8. The van der Waals surface area contributed by atoms with E-state index < -0.39 is 201 Å². The maximum absolute atomic E-state index is 16.8. The van der Waals surface area contributed by atoms with Gasteiger partial charge in [0, 0.05) is 96.9 Å². The van der Waals surface area contributed by atoms with E-state index in [9.17, 15) is 61.8 Å². The number of phosphoric ester groups is 1. The fourth-order valence-electron chi connectivity index (χ4n) is 14.3. The Kier molecular flexibility index (Phi) is 28.0. The number of hydrogen-bond acceptors (Lipinski definition) is 22. The lowest BCUT2D eigenvalue weighted by Gasteiger charge is -2.47. The van der Waals surface area contributed by atoms with Crippen molar-refractivity contribution in [2.75, 3.05) is 65.3 Å². The maximum Gasteiger partial charge on any atom is 0.524 e. The largest absolute Gasteiger partial charge is 0.524 e. The fourth-order valence-corrected chi connectivity index (χ4v) is 14.7. The minimum atomic E-state index is -5.44. The number of carbonyl (C=O) groups is 8. The monoisotopic (exact) mass is 1650 g/mol. The van der Waals surface area contributed by atoms with Crippen LogP contribution in [-0.2, 0) is 81.8 Å². The molecule has 2 bridgehead atoms. The summed E-state index contributed by atoms with van der Waals surface area (Å²) < 4.78 is 200. The van der Waals surface area contributed by atoms with E-state index in [1.165, 1.54) is 69.6 Å². The number of carbonyl (C=O) groups excluding carboxylic acids is 7. The molecule has 4 aliphatic rings. The number of aliphatic carboxylic acids is 1. The quantitative estimate of drug-likeness (QED) is 0.00457. The zero-order chi connectivity index (χ0) is 84.6. The number of carboxylic acid groups (broad SMARTS) is 1. The summed E-state index contributed by atoms with van der Waals surface area (Å²) in [6.07, 6.45) is -15.2. The van der Waals surface area contributed by atoms with Crippen molar-refractivity contribution in [3.05, 3.63) is 124 Å². The van der Waals surface area contributed by atoms with Gasteiger partial charge < -0.3 is 58.5 Å². The third-order valence-electron chi connectivity index (χ3n) is 20.6.